The molecule has 0 saturated carbocycles. The molecular weight excluding hydrogens is 423 g/mol. The first-order valence-corrected chi connectivity index (χ1v) is 10.8. The van der Waals surface area contributed by atoms with Gasteiger partial charge in [-0.2, -0.15) is 0 Å². The third kappa shape index (κ3) is 4.37. The summed E-state index contributed by atoms with van der Waals surface area (Å²) in [5.41, 5.74) is 0.739. The van der Waals surface area contributed by atoms with Crippen LogP contribution in [-0.2, 0) is 14.8 Å². The first-order chi connectivity index (χ1) is 13.2. The summed E-state index contributed by atoms with van der Waals surface area (Å²) in [7, 11) is -2.52. The molecule has 28 heavy (non-hydrogen) atoms. The maximum atomic E-state index is 12.9. The minimum atomic E-state index is -3.98. The number of ether oxygens (including phenoxy) is 2. The molecule has 0 radical (unpaired) electrons. The van der Waals surface area contributed by atoms with E-state index in [9.17, 15) is 8.42 Å². The Balaban J connectivity index is 2.05. The summed E-state index contributed by atoms with van der Waals surface area (Å²) >= 11 is 11.9. The number of aliphatic imine (C=N–C) groups is 1. The van der Waals surface area contributed by atoms with E-state index in [1.54, 1.807) is 18.2 Å². The average Bonchev–Trinajstić information content (AvgIpc) is 3.11. The second kappa shape index (κ2) is 8.19. The van der Waals surface area contributed by atoms with E-state index in [0.29, 0.717) is 29.7 Å². The predicted molar refractivity (Wildman–Crippen MR) is 111 cm³/mol. The molecule has 150 valence electrons. The van der Waals surface area contributed by atoms with Crippen LogP contribution < -0.4 is 9.46 Å². The SMILES string of the molecule is COc1cccc(C2=N[C@H](C(C)C)CO2)c1NS(=O)(=O)c1cc(Cl)cc(Cl)c1. The summed E-state index contributed by atoms with van der Waals surface area (Å²) in [5.74, 6) is 1.02. The Morgan fingerprint density at radius 1 is 1.21 bits per heavy atom. The van der Waals surface area contributed by atoms with Gasteiger partial charge in [0.1, 0.15) is 18.0 Å². The van der Waals surface area contributed by atoms with Crippen LogP contribution in [0.4, 0.5) is 5.69 Å². The zero-order valence-corrected chi connectivity index (χ0v) is 17.9. The topological polar surface area (TPSA) is 77.0 Å². The van der Waals surface area contributed by atoms with Crippen LogP contribution in [0.5, 0.6) is 5.75 Å². The Hall–Kier alpha value is -1.96. The molecule has 0 saturated heterocycles. The number of methoxy groups -OCH3 is 1. The molecule has 0 bridgehead atoms. The van der Waals surface area contributed by atoms with Crippen LogP contribution in [0.15, 0.2) is 46.3 Å². The third-order valence-electron chi connectivity index (χ3n) is 4.30. The molecule has 1 atom stereocenters. The lowest BCUT2D eigenvalue weighted by molar-refractivity contribution is 0.292. The highest BCUT2D eigenvalue weighted by Crippen LogP contribution is 2.34. The van der Waals surface area contributed by atoms with Crippen molar-refractivity contribution in [2.45, 2.75) is 24.8 Å². The number of sulfonamides is 1. The van der Waals surface area contributed by atoms with Gasteiger partial charge in [0, 0.05) is 10.0 Å². The summed E-state index contributed by atoms with van der Waals surface area (Å²) in [5, 5.41) is 0.438. The van der Waals surface area contributed by atoms with E-state index < -0.39 is 10.0 Å². The Bertz CT molecular complexity index is 1000. The molecule has 1 aliphatic heterocycles. The van der Waals surface area contributed by atoms with E-state index in [4.69, 9.17) is 32.7 Å². The molecule has 0 fully saturated rings. The molecule has 9 heteroatoms. The number of halogens is 2. The molecule has 0 aromatic heterocycles. The van der Waals surface area contributed by atoms with Gasteiger partial charge in [-0.3, -0.25) is 4.72 Å². The van der Waals surface area contributed by atoms with Crippen molar-refractivity contribution in [1.29, 1.82) is 0 Å². The number of benzene rings is 2. The molecular formula is C19H20Cl2N2O4S. The van der Waals surface area contributed by atoms with Gasteiger partial charge in [-0.05, 0) is 36.2 Å². The first kappa shape index (κ1) is 20.8. The van der Waals surface area contributed by atoms with E-state index in [-0.39, 0.29) is 26.7 Å². The van der Waals surface area contributed by atoms with Crippen LogP contribution in [0.25, 0.3) is 0 Å². The highest BCUT2D eigenvalue weighted by molar-refractivity contribution is 7.92. The maximum absolute atomic E-state index is 12.9. The van der Waals surface area contributed by atoms with E-state index in [0.717, 1.165) is 0 Å². The quantitative estimate of drug-likeness (QED) is 0.708. The fourth-order valence-corrected chi connectivity index (χ4v) is 4.56. The highest BCUT2D eigenvalue weighted by atomic mass is 35.5. The Labute approximate surface area is 174 Å². The van der Waals surface area contributed by atoms with Crippen LogP contribution in [0, 0.1) is 5.92 Å². The van der Waals surface area contributed by atoms with Gasteiger partial charge >= 0.3 is 0 Å². The molecule has 0 spiro atoms. The van der Waals surface area contributed by atoms with E-state index in [1.807, 2.05) is 0 Å². The van der Waals surface area contributed by atoms with E-state index in [1.165, 1.54) is 25.3 Å². The smallest absolute Gasteiger partial charge is 0.262 e. The third-order valence-corrected chi connectivity index (χ3v) is 6.07. The standard InChI is InChI=1S/C19H20Cl2N2O4S/c1-11(2)16-10-27-19(22-16)15-5-4-6-17(26-3)18(15)23-28(24,25)14-8-12(20)7-13(21)9-14/h4-9,11,16,23H,10H2,1-3H3/t16-/m0/s1. The monoisotopic (exact) mass is 442 g/mol. The number of hydrogen-bond acceptors (Lipinski definition) is 5. The molecule has 0 aliphatic carbocycles. The summed E-state index contributed by atoms with van der Waals surface area (Å²) in [6.45, 7) is 4.55. The fraction of sp³-hybridized carbons (Fsp3) is 0.316. The summed E-state index contributed by atoms with van der Waals surface area (Å²) in [4.78, 5) is 4.53. The molecule has 2 aromatic rings. The molecule has 6 nitrogen and oxygen atoms in total. The van der Waals surface area contributed by atoms with Gasteiger partial charge in [0.2, 0.25) is 5.90 Å². The van der Waals surface area contributed by atoms with Crippen molar-refractivity contribution in [1.82, 2.24) is 0 Å². The number of anilines is 1. The lowest BCUT2D eigenvalue weighted by atomic mass is 10.1. The summed E-state index contributed by atoms with van der Waals surface area (Å²) < 4.78 is 39.6. The minimum absolute atomic E-state index is 0.0115. The lowest BCUT2D eigenvalue weighted by Crippen LogP contribution is -2.17. The van der Waals surface area contributed by atoms with Gasteiger partial charge in [0.15, 0.2) is 0 Å². The van der Waals surface area contributed by atoms with E-state index >= 15 is 0 Å². The fourth-order valence-electron chi connectivity index (χ4n) is 2.74. The van der Waals surface area contributed by atoms with Gasteiger partial charge < -0.3 is 9.47 Å². The number of rotatable bonds is 6. The molecule has 1 aliphatic rings. The Kier molecular flexibility index (Phi) is 6.07. The van der Waals surface area contributed by atoms with Crippen LogP contribution in [0.2, 0.25) is 10.0 Å². The maximum Gasteiger partial charge on any atom is 0.262 e. The van der Waals surface area contributed by atoms with Gasteiger partial charge in [0.05, 0.1) is 23.6 Å². The number of nitrogens with zero attached hydrogens (tertiary/aromatic N) is 1. The summed E-state index contributed by atoms with van der Waals surface area (Å²) in [6.07, 6.45) is 0. The molecule has 0 unspecified atom stereocenters. The van der Waals surface area contributed by atoms with Crippen LogP contribution in [0.1, 0.15) is 19.4 Å². The van der Waals surface area contributed by atoms with Gasteiger partial charge in [-0.25, -0.2) is 13.4 Å². The molecule has 1 heterocycles. The zero-order chi connectivity index (χ0) is 20.5. The second-order valence-corrected chi connectivity index (χ2v) is 9.21. The van der Waals surface area contributed by atoms with Gasteiger partial charge in [-0.1, -0.05) is 43.1 Å². The lowest BCUT2D eigenvalue weighted by Gasteiger charge is -2.16. The van der Waals surface area contributed by atoms with Crippen molar-refractivity contribution in [2.75, 3.05) is 18.4 Å². The van der Waals surface area contributed by atoms with Crippen molar-refractivity contribution in [3.8, 4) is 5.75 Å². The van der Waals surface area contributed by atoms with E-state index in [2.05, 4.69) is 23.6 Å². The molecule has 2 aromatic carbocycles. The molecule has 0 amide bonds. The normalized spacial score (nSPS) is 16.6. The summed E-state index contributed by atoms with van der Waals surface area (Å²) in [6, 6.07) is 9.25. The van der Waals surface area contributed by atoms with Crippen molar-refractivity contribution in [2.24, 2.45) is 10.9 Å². The van der Waals surface area contributed by atoms with Gasteiger partial charge in [0.25, 0.3) is 10.0 Å². The number of para-hydroxylation sites is 1. The van der Waals surface area contributed by atoms with Crippen LogP contribution in [-0.4, -0.2) is 34.1 Å². The number of nitrogens with one attached hydrogen (secondary N) is 1. The van der Waals surface area contributed by atoms with Crippen LogP contribution in [0.3, 0.4) is 0 Å². The molecule has 1 N–H and O–H groups in total. The predicted octanol–water partition coefficient (Wildman–Crippen LogP) is 4.60. The van der Waals surface area contributed by atoms with Crippen molar-refractivity contribution >= 4 is 44.8 Å². The Morgan fingerprint density at radius 3 is 2.46 bits per heavy atom. The Morgan fingerprint density at radius 2 is 1.89 bits per heavy atom. The van der Waals surface area contributed by atoms with Crippen LogP contribution >= 0.6 is 23.2 Å². The van der Waals surface area contributed by atoms with Crippen molar-refractivity contribution in [3.63, 3.8) is 0 Å². The zero-order valence-electron chi connectivity index (χ0n) is 15.6. The molecule has 3 rings (SSSR count). The first-order valence-electron chi connectivity index (χ1n) is 8.58. The largest absolute Gasteiger partial charge is 0.495 e. The average molecular weight is 443 g/mol. The second-order valence-electron chi connectivity index (χ2n) is 6.65. The highest BCUT2D eigenvalue weighted by Gasteiger charge is 2.27. The number of hydrogen-bond donors (Lipinski definition) is 1. The van der Waals surface area contributed by atoms with Crippen molar-refractivity contribution in [3.05, 3.63) is 52.0 Å². The minimum Gasteiger partial charge on any atom is -0.495 e. The van der Waals surface area contributed by atoms with Crippen molar-refractivity contribution < 1.29 is 17.9 Å². The van der Waals surface area contributed by atoms with Gasteiger partial charge in [-0.15, -0.1) is 0 Å².